The molecule has 1 aromatic carbocycles. The summed E-state index contributed by atoms with van der Waals surface area (Å²) in [5.74, 6) is 0.164. The molecule has 0 atom stereocenters. The number of amides is 1. The van der Waals surface area contributed by atoms with Crippen LogP contribution in [0.25, 0.3) is 10.9 Å². The molecule has 94 valence electrons. The zero-order valence-corrected chi connectivity index (χ0v) is 10.5. The fraction of sp³-hybridized carbons (Fsp3) is 0.357. The molecule has 0 spiro atoms. The Hall–Kier alpha value is -1.97. The summed E-state index contributed by atoms with van der Waals surface area (Å²) in [6, 6.07) is 8.25. The Labute approximate surface area is 106 Å². The number of anilines is 1. The molecule has 4 nitrogen and oxygen atoms in total. The van der Waals surface area contributed by atoms with E-state index in [1.807, 2.05) is 47.0 Å². The second-order valence-electron chi connectivity index (χ2n) is 5.00. The Morgan fingerprint density at radius 2 is 2.22 bits per heavy atom. The molecule has 0 aliphatic heterocycles. The van der Waals surface area contributed by atoms with Gasteiger partial charge in [-0.25, -0.2) is 0 Å². The number of benzene rings is 1. The maximum atomic E-state index is 12.1. The lowest BCUT2D eigenvalue weighted by atomic mass is 10.2. The van der Waals surface area contributed by atoms with Crippen LogP contribution in [0.2, 0.25) is 0 Å². The minimum atomic E-state index is 0.164. The number of hydrogen-bond acceptors (Lipinski definition) is 2. The van der Waals surface area contributed by atoms with Crippen LogP contribution in [0.1, 0.15) is 12.8 Å². The number of nitrogens with two attached hydrogens (primary N) is 1. The van der Waals surface area contributed by atoms with Crippen molar-refractivity contribution in [3.05, 3.63) is 30.5 Å². The van der Waals surface area contributed by atoms with E-state index in [0.29, 0.717) is 12.6 Å². The minimum Gasteiger partial charge on any atom is -0.399 e. The largest absolute Gasteiger partial charge is 0.399 e. The van der Waals surface area contributed by atoms with Gasteiger partial charge in [0.15, 0.2) is 0 Å². The van der Waals surface area contributed by atoms with E-state index < -0.39 is 0 Å². The summed E-state index contributed by atoms with van der Waals surface area (Å²) >= 11 is 0. The summed E-state index contributed by atoms with van der Waals surface area (Å²) in [7, 11) is 1.89. The second kappa shape index (κ2) is 4.05. The van der Waals surface area contributed by atoms with Gasteiger partial charge in [0.05, 0.1) is 5.52 Å². The third-order valence-electron chi connectivity index (χ3n) is 3.59. The first-order valence-electron chi connectivity index (χ1n) is 6.25. The molecule has 3 rings (SSSR count). The van der Waals surface area contributed by atoms with Crippen molar-refractivity contribution in [1.29, 1.82) is 0 Å². The number of fused-ring (bicyclic) bond motifs is 1. The first-order chi connectivity index (χ1) is 8.65. The minimum absolute atomic E-state index is 0.164. The van der Waals surface area contributed by atoms with Gasteiger partial charge in [-0.2, -0.15) is 0 Å². The van der Waals surface area contributed by atoms with Gasteiger partial charge >= 0.3 is 0 Å². The van der Waals surface area contributed by atoms with Crippen LogP contribution in [0.4, 0.5) is 5.69 Å². The van der Waals surface area contributed by atoms with Crippen molar-refractivity contribution in [3.63, 3.8) is 0 Å². The Balaban J connectivity index is 1.85. The number of nitrogens with zero attached hydrogens (tertiary/aromatic N) is 2. The standard InChI is InChI=1S/C14H17N3O/c1-16(12-4-5-12)14(18)9-17-7-6-10-2-3-11(15)8-13(10)17/h2-3,6-8,12H,4-5,9,15H2,1H3. The first kappa shape index (κ1) is 11.1. The number of aromatic nitrogens is 1. The smallest absolute Gasteiger partial charge is 0.242 e. The van der Waals surface area contributed by atoms with Crippen molar-refractivity contribution in [1.82, 2.24) is 9.47 Å². The lowest BCUT2D eigenvalue weighted by molar-refractivity contribution is -0.130. The first-order valence-corrected chi connectivity index (χ1v) is 6.25. The van der Waals surface area contributed by atoms with Gasteiger partial charge in [0, 0.05) is 25.0 Å². The highest BCUT2D eigenvalue weighted by Crippen LogP contribution is 2.26. The van der Waals surface area contributed by atoms with E-state index in [4.69, 9.17) is 5.73 Å². The van der Waals surface area contributed by atoms with E-state index in [9.17, 15) is 4.79 Å². The van der Waals surface area contributed by atoms with Crippen LogP contribution in [0, 0.1) is 0 Å². The topological polar surface area (TPSA) is 51.3 Å². The SMILES string of the molecule is CN(C(=O)Cn1ccc2ccc(N)cc21)C1CC1. The maximum Gasteiger partial charge on any atom is 0.242 e. The number of likely N-dealkylation sites (N-methyl/N-ethyl adjacent to an activating group) is 1. The number of rotatable bonds is 3. The molecule has 0 saturated heterocycles. The van der Waals surface area contributed by atoms with Crippen molar-refractivity contribution >= 4 is 22.5 Å². The highest BCUT2D eigenvalue weighted by Gasteiger charge is 2.29. The molecule has 4 heteroatoms. The molecular formula is C14H17N3O. The third kappa shape index (κ3) is 1.94. The van der Waals surface area contributed by atoms with Gasteiger partial charge in [-0.1, -0.05) is 6.07 Å². The summed E-state index contributed by atoms with van der Waals surface area (Å²) in [4.78, 5) is 14.0. The highest BCUT2D eigenvalue weighted by molar-refractivity contribution is 5.85. The van der Waals surface area contributed by atoms with Crippen LogP contribution in [0.3, 0.4) is 0 Å². The average Bonchev–Trinajstić information content (AvgIpc) is 3.13. The molecule has 2 aromatic rings. The summed E-state index contributed by atoms with van der Waals surface area (Å²) in [6.07, 6.45) is 4.23. The molecule has 18 heavy (non-hydrogen) atoms. The van der Waals surface area contributed by atoms with E-state index in [0.717, 1.165) is 29.4 Å². The zero-order chi connectivity index (χ0) is 12.7. The van der Waals surface area contributed by atoms with E-state index in [1.54, 1.807) is 0 Å². The average molecular weight is 243 g/mol. The monoisotopic (exact) mass is 243 g/mol. The molecule has 1 aliphatic carbocycles. The normalized spacial score (nSPS) is 14.9. The lowest BCUT2D eigenvalue weighted by Crippen LogP contribution is -2.31. The number of nitrogen functional groups attached to an aromatic ring is 1. The quantitative estimate of drug-likeness (QED) is 0.836. The van der Waals surface area contributed by atoms with Gasteiger partial charge in [-0.05, 0) is 36.4 Å². The molecule has 1 aromatic heterocycles. The molecule has 0 bridgehead atoms. The molecule has 1 fully saturated rings. The summed E-state index contributed by atoms with van der Waals surface area (Å²) in [5.41, 5.74) is 7.54. The summed E-state index contributed by atoms with van der Waals surface area (Å²) < 4.78 is 1.97. The van der Waals surface area contributed by atoms with E-state index in [2.05, 4.69) is 0 Å². The molecular weight excluding hydrogens is 226 g/mol. The Kier molecular flexibility index (Phi) is 2.51. The summed E-state index contributed by atoms with van der Waals surface area (Å²) in [5, 5.41) is 1.12. The molecule has 1 amide bonds. The van der Waals surface area contributed by atoms with Gasteiger partial charge in [-0.3, -0.25) is 4.79 Å². The number of carbonyl (C=O) groups is 1. The van der Waals surface area contributed by atoms with Gasteiger partial charge < -0.3 is 15.2 Å². The number of hydrogen-bond donors (Lipinski definition) is 1. The van der Waals surface area contributed by atoms with Crippen molar-refractivity contribution in [2.75, 3.05) is 12.8 Å². The van der Waals surface area contributed by atoms with Gasteiger partial charge in [0.1, 0.15) is 6.54 Å². The predicted octanol–water partition coefficient (Wildman–Crippen LogP) is 1.84. The van der Waals surface area contributed by atoms with Gasteiger partial charge in [-0.15, -0.1) is 0 Å². The number of carbonyl (C=O) groups excluding carboxylic acids is 1. The van der Waals surface area contributed by atoms with Crippen molar-refractivity contribution in [2.24, 2.45) is 0 Å². The van der Waals surface area contributed by atoms with Gasteiger partial charge in [0.2, 0.25) is 5.91 Å². The molecule has 0 unspecified atom stereocenters. The van der Waals surface area contributed by atoms with Crippen molar-refractivity contribution in [3.8, 4) is 0 Å². The Morgan fingerprint density at radius 1 is 1.44 bits per heavy atom. The highest BCUT2D eigenvalue weighted by atomic mass is 16.2. The molecule has 0 radical (unpaired) electrons. The Morgan fingerprint density at radius 3 is 2.94 bits per heavy atom. The van der Waals surface area contributed by atoms with Crippen LogP contribution in [-0.2, 0) is 11.3 Å². The molecule has 1 heterocycles. The fourth-order valence-electron chi connectivity index (χ4n) is 2.26. The van der Waals surface area contributed by atoms with Crippen LogP contribution in [0.15, 0.2) is 30.5 Å². The third-order valence-corrected chi connectivity index (χ3v) is 3.59. The summed E-state index contributed by atoms with van der Waals surface area (Å²) in [6.45, 7) is 0.389. The van der Waals surface area contributed by atoms with E-state index >= 15 is 0 Å². The molecule has 2 N–H and O–H groups in total. The van der Waals surface area contributed by atoms with Crippen LogP contribution in [0.5, 0.6) is 0 Å². The molecule has 1 aliphatic rings. The van der Waals surface area contributed by atoms with Crippen LogP contribution >= 0.6 is 0 Å². The van der Waals surface area contributed by atoms with Crippen LogP contribution in [-0.4, -0.2) is 28.5 Å². The second-order valence-corrected chi connectivity index (χ2v) is 5.00. The van der Waals surface area contributed by atoms with E-state index in [-0.39, 0.29) is 5.91 Å². The van der Waals surface area contributed by atoms with Gasteiger partial charge in [0.25, 0.3) is 0 Å². The van der Waals surface area contributed by atoms with Crippen LogP contribution < -0.4 is 5.73 Å². The predicted molar refractivity (Wildman–Crippen MR) is 72.1 cm³/mol. The zero-order valence-electron chi connectivity index (χ0n) is 10.5. The lowest BCUT2D eigenvalue weighted by Gasteiger charge is -2.17. The Bertz CT molecular complexity index is 598. The van der Waals surface area contributed by atoms with Crippen molar-refractivity contribution in [2.45, 2.75) is 25.4 Å². The fourth-order valence-corrected chi connectivity index (χ4v) is 2.26. The van der Waals surface area contributed by atoms with Crippen molar-refractivity contribution < 1.29 is 4.79 Å². The van der Waals surface area contributed by atoms with E-state index in [1.165, 1.54) is 0 Å². The molecule has 1 saturated carbocycles. The maximum absolute atomic E-state index is 12.1.